The fraction of sp³-hybridized carbons (Fsp3) is 0.250. The van der Waals surface area contributed by atoms with Crippen molar-refractivity contribution in [2.45, 2.75) is 26.9 Å². The smallest absolute Gasteiger partial charge is 0.287 e. The lowest BCUT2D eigenvalue weighted by Gasteiger charge is -2.04. The molecule has 0 fully saturated rings. The van der Waals surface area contributed by atoms with Gasteiger partial charge in [-0.05, 0) is 29.7 Å². The average Bonchev–Trinajstić information content (AvgIpc) is 3.38. The number of fused-ring (bicyclic) bond motifs is 1. The molecule has 0 aliphatic rings. The highest BCUT2D eigenvalue weighted by atomic mass is 16.3. The number of pyridine rings is 1. The molecule has 7 heteroatoms. The van der Waals surface area contributed by atoms with Gasteiger partial charge in [-0.3, -0.25) is 9.48 Å². The molecule has 0 saturated carbocycles. The second-order valence-corrected chi connectivity index (χ2v) is 6.92. The van der Waals surface area contributed by atoms with Crippen LogP contribution in [0, 0.1) is 5.92 Å². The maximum Gasteiger partial charge on any atom is 0.287 e. The molecular weight excluding hydrogens is 342 g/mol. The van der Waals surface area contributed by atoms with E-state index in [4.69, 9.17) is 4.42 Å². The first kappa shape index (κ1) is 17.1. The SMILES string of the molecule is CC(C)Cn1cc(-c2ccc(C(=O)NCc3ccc4nccn4c3)o2)cn1. The molecule has 4 aromatic heterocycles. The van der Waals surface area contributed by atoms with Crippen molar-refractivity contribution < 1.29 is 9.21 Å². The van der Waals surface area contributed by atoms with E-state index in [-0.39, 0.29) is 11.7 Å². The highest BCUT2D eigenvalue weighted by molar-refractivity contribution is 5.92. The summed E-state index contributed by atoms with van der Waals surface area (Å²) in [4.78, 5) is 16.6. The van der Waals surface area contributed by atoms with Gasteiger partial charge in [0.1, 0.15) is 11.4 Å². The summed E-state index contributed by atoms with van der Waals surface area (Å²) in [6.45, 7) is 5.53. The van der Waals surface area contributed by atoms with Crippen molar-refractivity contribution in [3.05, 3.63) is 66.6 Å². The van der Waals surface area contributed by atoms with Crippen LogP contribution in [0.5, 0.6) is 0 Å². The van der Waals surface area contributed by atoms with Crippen LogP contribution in [0.1, 0.15) is 30.0 Å². The largest absolute Gasteiger partial charge is 0.451 e. The molecule has 7 nitrogen and oxygen atoms in total. The van der Waals surface area contributed by atoms with E-state index in [1.165, 1.54) is 0 Å². The number of nitrogens with one attached hydrogen (secondary N) is 1. The molecule has 27 heavy (non-hydrogen) atoms. The number of hydrogen-bond acceptors (Lipinski definition) is 4. The second-order valence-electron chi connectivity index (χ2n) is 6.92. The maximum atomic E-state index is 12.4. The lowest BCUT2D eigenvalue weighted by Crippen LogP contribution is -2.22. The number of amides is 1. The van der Waals surface area contributed by atoms with Crippen LogP contribution in [0.4, 0.5) is 0 Å². The molecule has 0 radical (unpaired) electrons. The lowest BCUT2D eigenvalue weighted by atomic mass is 10.2. The van der Waals surface area contributed by atoms with Crippen molar-refractivity contribution in [1.29, 1.82) is 0 Å². The van der Waals surface area contributed by atoms with Crippen LogP contribution in [-0.4, -0.2) is 25.1 Å². The van der Waals surface area contributed by atoms with Crippen LogP contribution >= 0.6 is 0 Å². The third-order valence-electron chi connectivity index (χ3n) is 4.20. The van der Waals surface area contributed by atoms with Crippen LogP contribution in [0.2, 0.25) is 0 Å². The normalized spacial score (nSPS) is 11.4. The van der Waals surface area contributed by atoms with E-state index >= 15 is 0 Å². The lowest BCUT2D eigenvalue weighted by molar-refractivity contribution is 0.0924. The Hall–Kier alpha value is -3.35. The van der Waals surface area contributed by atoms with Crippen molar-refractivity contribution in [2.24, 2.45) is 5.92 Å². The molecule has 4 rings (SSSR count). The van der Waals surface area contributed by atoms with Crippen LogP contribution < -0.4 is 5.32 Å². The predicted octanol–water partition coefficient (Wildman–Crippen LogP) is 3.38. The standard InChI is InChI=1S/C20H21N5O2/c1-14(2)11-25-13-16(10-23-25)17-4-5-18(27-17)20(26)22-9-15-3-6-19-21-7-8-24(19)12-15/h3-8,10,12-14H,9,11H2,1-2H3,(H,22,26). The van der Waals surface area contributed by atoms with Crippen molar-refractivity contribution in [3.8, 4) is 11.3 Å². The third kappa shape index (κ3) is 3.76. The summed E-state index contributed by atoms with van der Waals surface area (Å²) in [6, 6.07) is 7.34. The molecule has 4 heterocycles. The van der Waals surface area contributed by atoms with Gasteiger partial charge in [-0.2, -0.15) is 5.10 Å². The van der Waals surface area contributed by atoms with Gasteiger partial charge in [0.15, 0.2) is 5.76 Å². The number of imidazole rings is 1. The Bertz CT molecular complexity index is 1070. The van der Waals surface area contributed by atoms with Gasteiger partial charge in [-0.15, -0.1) is 0 Å². The minimum atomic E-state index is -0.249. The van der Waals surface area contributed by atoms with Crippen LogP contribution in [-0.2, 0) is 13.1 Å². The summed E-state index contributed by atoms with van der Waals surface area (Å²) >= 11 is 0. The van der Waals surface area contributed by atoms with Crippen LogP contribution in [0.3, 0.4) is 0 Å². The van der Waals surface area contributed by atoms with Gasteiger partial charge in [0.2, 0.25) is 0 Å². The number of carbonyl (C=O) groups excluding carboxylic acids is 1. The Kier molecular flexibility index (Phi) is 4.50. The van der Waals surface area contributed by atoms with E-state index < -0.39 is 0 Å². The Morgan fingerprint density at radius 3 is 2.96 bits per heavy atom. The van der Waals surface area contributed by atoms with Gasteiger partial charge in [0.25, 0.3) is 5.91 Å². The predicted molar refractivity (Wildman–Crippen MR) is 101 cm³/mol. The van der Waals surface area contributed by atoms with Gasteiger partial charge < -0.3 is 14.1 Å². The Morgan fingerprint density at radius 1 is 1.22 bits per heavy atom. The highest BCUT2D eigenvalue weighted by Gasteiger charge is 2.13. The molecule has 1 N–H and O–H groups in total. The second kappa shape index (κ2) is 7.11. The maximum absolute atomic E-state index is 12.4. The van der Waals surface area contributed by atoms with E-state index in [1.807, 2.05) is 39.8 Å². The molecule has 0 aliphatic carbocycles. The first-order valence-corrected chi connectivity index (χ1v) is 8.91. The summed E-state index contributed by atoms with van der Waals surface area (Å²) in [5.74, 6) is 1.18. The Balaban J connectivity index is 1.41. The van der Waals surface area contributed by atoms with Crippen molar-refractivity contribution in [3.63, 3.8) is 0 Å². The zero-order valence-corrected chi connectivity index (χ0v) is 15.3. The molecule has 138 valence electrons. The fourth-order valence-corrected chi connectivity index (χ4v) is 2.92. The van der Waals surface area contributed by atoms with Gasteiger partial charge in [-0.1, -0.05) is 19.9 Å². The van der Waals surface area contributed by atoms with E-state index in [9.17, 15) is 4.79 Å². The molecule has 0 saturated heterocycles. The number of carbonyl (C=O) groups is 1. The molecule has 0 unspecified atom stereocenters. The number of rotatable bonds is 6. The molecular formula is C20H21N5O2. The van der Waals surface area contributed by atoms with Gasteiger partial charge in [-0.25, -0.2) is 4.98 Å². The topological polar surface area (TPSA) is 77.4 Å². The minimum Gasteiger partial charge on any atom is -0.451 e. The first-order chi connectivity index (χ1) is 13.1. The van der Waals surface area contributed by atoms with E-state index in [2.05, 4.69) is 29.2 Å². The van der Waals surface area contributed by atoms with E-state index in [0.717, 1.165) is 23.3 Å². The van der Waals surface area contributed by atoms with Crippen molar-refractivity contribution >= 4 is 11.6 Å². The Labute approximate surface area is 156 Å². The van der Waals surface area contributed by atoms with Crippen LogP contribution in [0.25, 0.3) is 17.0 Å². The van der Waals surface area contributed by atoms with Gasteiger partial charge >= 0.3 is 0 Å². The summed E-state index contributed by atoms with van der Waals surface area (Å²) in [5, 5.41) is 7.21. The third-order valence-corrected chi connectivity index (χ3v) is 4.20. The summed E-state index contributed by atoms with van der Waals surface area (Å²) < 4.78 is 9.52. The van der Waals surface area contributed by atoms with Crippen LogP contribution in [0.15, 0.2) is 59.7 Å². The fourth-order valence-electron chi connectivity index (χ4n) is 2.92. The number of furan rings is 1. The average molecular weight is 363 g/mol. The summed E-state index contributed by atoms with van der Waals surface area (Å²) in [7, 11) is 0. The molecule has 4 aromatic rings. The summed E-state index contributed by atoms with van der Waals surface area (Å²) in [6.07, 6.45) is 9.24. The number of nitrogens with zero attached hydrogens (tertiary/aromatic N) is 4. The number of aromatic nitrogens is 4. The van der Waals surface area contributed by atoms with Gasteiger partial charge in [0, 0.05) is 37.9 Å². The highest BCUT2D eigenvalue weighted by Crippen LogP contribution is 2.22. The van der Waals surface area contributed by atoms with Gasteiger partial charge in [0.05, 0.1) is 11.8 Å². The molecule has 0 aliphatic heterocycles. The molecule has 0 aromatic carbocycles. The van der Waals surface area contributed by atoms with Crippen molar-refractivity contribution in [2.75, 3.05) is 0 Å². The molecule has 0 bridgehead atoms. The van der Waals surface area contributed by atoms with Crippen molar-refractivity contribution in [1.82, 2.24) is 24.5 Å². The summed E-state index contributed by atoms with van der Waals surface area (Å²) in [5.41, 5.74) is 2.72. The van der Waals surface area contributed by atoms with E-state index in [1.54, 1.807) is 24.5 Å². The Morgan fingerprint density at radius 2 is 2.11 bits per heavy atom. The first-order valence-electron chi connectivity index (χ1n) is 8.91. The monoisotopic (exact) mass is 363 g/mol. The zero-order chi connectivity index (χ0) is 18.8. The minimum absolute atomic E-state index is 0.249. The quantitative estimate of drug-likeness (QED) is 0.570. The molecule has 0 atom stereocenters. The zero-order valence-electron chi connectivity index (χ0n) is 15.3. The van der Waals surface area contributed by atoms with E-state index in [0.29, 0.717) is 18.2 Å². The number of hydrogen-bond donors (Lipinski definition) is 1. The molecule has 1 amide bonds. The molecule has 0 spiro atoms.